The number of hydrogen-bond donors (Lipinski definition) is 1. The molecule has 3 aromatic rings. The van der Waals surface area contributed by atoms with Crippen molar-refractivity contribution >= 4 is 68.3 Å². The van der Waals surface area contributed by atoms with E-state index in [4.69, 9.17) is 8.94 Å². The Balaban J connectivity index is 0.00000106. The molecule has 408 valence electrons. The van der Waals surface area contributed by atoms with Gasteiger partial charge in [-0.2, -0.15) is 26.3 Å². The van der Waals surface area contributed by atoms with Crippen LogP contribution >= 0.6 is 26.9 Å². The van der Waals surface area contributed by atoms with E-state index in [9.17, 15) is 86.2 Å². The highest BCUT2D eigenvalue weighted by atomic mass is 31.0. The third kappa shape index (κ3) is 17.1. The molecule has 18 nitrogen and oxygen atoms in total. The smallest absolute Gasteiger partial charge is 0.370 e. The molecular weight excluding hydrogens is 1100 g/mol. The number of Topliss-reactive ketones (excluding diaryl/α,β-unsaturated/α-hetero) is 2. The van der Waals surface area contributed by atoms with Crippen LogP contribution in [0.1, 0.15) is 40.0 Å². The van der Waals surface area contributed by atoms with Crippen LogP contribution in [0.3, 0.4) is 0 Å². The van der Waals surface area contributed by atoms with Gasteiger partial charge in [0.05, 0.1) is 28.4 Å². The summed E-state index contributed by atoms with van der Waals surface area (Å²) in [7, 11) is 2.66. The Morgan fingerprint density at radius 2 is 0.878 bits per heavy atom. The second-order valence-electron chi connectivity index (χ2n) is 13.3. The van der Waals surface area contributed by atoms with Crippen LogP contribution in [0.15, 0.2) is 32.4 Å². The van der Waals surface area contributed by atoms with Crippen LogP contribution in [0.4, 0.5) is 52.7 Å². The lowest BCUT2D eigenvalue weighted by Gasteiger charge is -2.29. The van der Waals surface area contributed by atoms with Crippen LogP contribution in [0.25, 0.3) is 0 Å². The summed E-state index contributed by atoms with van der Waals surface area (Å²) in [4.78, 5) is 81.6. The first kappa shape index (κ1) is 61.5. The summed E-state index contributed by atoms with van der Waals surface area (Å²) < 4.78 is 221. The molecule has 3 rings (SSSR count). The maximum absolute atomic E-state index is 14.0. The molecule has 0 fully saturated rings. The summed E-state index contributed by atoms with van der Waals surface area (Å²) in [5.41, 5.74) is -3.49. The van der Waals surface area contributed by atoms with E-state index in [-0.39, 0.29) is 49.0 Å². The van der Waals surface area contributed by atoms with Crippen molar-refractivity contribution in [1.82, 2.24) is 0 Å². The van der Waals surface area contributed by atoms with Gasteiger partial charge in [-0.1, -0.05) is 20.8 Å². The molecule has 1 N–H and O–H groups in total. The molecule has 3 aromatic carbocycles. The van der Waals surface area contributed by atoms with Gasteiger partial charge in [-0.15, -0.1) is 0 Å². The highest BCUT2D eigenvalue weighted by molar-refractivity contribution is 7.04. The number of nitrogens with zero attached hydrogens (tertiary/aromatic N) is 3. The van der Waals surface area contributed by atoms with E-state index in [1.807, 2.05) is 0 Å². The molecule has 74 heavy (non-hydrogen) atoms. The van der Waals surface area contributed by atoms with Crippen molar-refractivity contribution in [3.05, 3.63) is 88.0 Å². The molecule has 0 aliphatic rings. The first-order valence-corrected chi connectivity index (χ1v) is 20.9. The van der Waals surface area contributed by atoms with Gasteiger partial charge in [-0.05, 0) is 46.2 Å². The van der Waals surface area contributed by atoms with Crippen LogP contribution in [0.5, 0.6) is 17.2 Å². The topological polar surface area (TPSA) is 241 Å². The van der Waals surface area contributed by atoms with Gasteiger partial charge in [0.1, 0.15) is 22.5 Å². The number of aliphatic carboxylic acids is 1. The lowest BCUT2D eigenvalue weighted by Crippen LogP contribution is -2.62. The number of ether oxygens (including phenoxy) is 7. The zero-order valence-electron chi connectivity index (χ0n) is 41.8. The molecule has 0 saturated carbocycles. The standard InChI is InChI=1S/C15H14F4NO6P.C11H10F4NO2P.C11H8F4O5.C4H8NO2P/c1-4-8(20-27)12(21)15(13(22)24-2,14(23)25-3)26-11-9(18)6(16)5-7(17)10(11)19;1-2-7(16-19)8(17)4-18-11-9(14)5(12)3-6(13)10(11)15;1-18-10(16)9(11(17)19-2)20-8-6(14)4(12)3-5(13)7(8)15;1-2-3(5-8)4(6)7/h5,8,27H,4H2,1-3H3;3,7,19H,2,4H2,1H3;3,9H,1-2H3;3,8H,2H2,1H3,(H,6,7)/t8-;7-;;3-/m00.0/s1/i27D;19D;;8D. The summed E-state index contributed by atoms with van der Waals surface area (Å²) in [5.74, 6) is -36.1. The lowest BCUT2D eigenvalue weighted by atomic mass is 9.91. The Morgan fingerprint density at radius 3 is 1.19 bits per heavy atom. The number of ketones is 2. The minimum absolute atomic E-state index is 0.0441. The number of carbonyl (C=O) groups is 7. The number of carbonyl (C=O) groups excluding carboxylic acids is 6. The quantitative estimate of drug-likeness (QED) is 0.0264. The summed E-state index contributed by atoms with van der Waals surface area (Å²) in [6, 6.07) is -3.24. The van der Waals surface area contributed by atoms with Gasteiger partial charge in [0, 0.05) is 18.2 Å². The van der Waals surface area contributed by atoms with Crippen molar-refractivity contribution in [2.24, 2.45) is 14.2 Å². The molecule has 0 aromatic heterocycles. The van der Waals surface area contributed by atoms with Crippen molar-refractivity contribution < 1.29 is 125 Å². The zero-order chi connectivity index (χ0) is 59.7. The third-order valence-corrected chi connectivity index (χ3v) is 9.56. The summed E-state index contributed by atoms with van der Waals surface area (Å²) in [6.45, 7) is 3.95. The number of esters is 4. The number of carboxylic acids is 1. The molecule has 0 aliphatic carbocycles. The van der Waals surface area contributed by atoms with Crippen LogP contribution in [0, 0.1) is 69.8 Å². The third-order valence-electron chi connectivity index (χ3n) is 8.73. The average Bonchev–Trinajstić information content (AvgIpc) is 3.40. The Hall–Kier alpha value is -6.79. The number of benzene rings is 3. The molecule has 0 amide bonds. The molecule has 33 heteroatoms. The van der Waals surface area contributed by atoms with Gasteiger partial charge >= 0.3 is 35.4 Å². The van der Waals surface area contributed by atoms with Crippen LogP contribution in [-0.2, 0) is 52.5 Å². The fraction of sp³-hybridized carbons (Fsp3) is 0.390. The highest BCUT2D eigenvalue weighted by Crippen LogP contribution is 2.33. The molecule has 0 spiro atoms. The predicted octanol–water partition coefficient (Wildman–Crippen LogP) is 8.19. The fourth-order valence-electron chi connectivity index (χ4n) is 4.83. The summed E-state index contributed by atoms with van der Waals surface area (Å²) in [5, 5.41) is 8.32. The molecule has 0 bridgehead atoms. The normalized spacial score (nSPS) is 12.7. The van der Waals surface area contributed by atoms with E-state index in [2.05, 4.69) is 47.4 Å². The van der Waals surface area contributed by atoms with Crippen LogP contribution in [-0.4, -0.2) is 115 Å². The van der Waals surface area contributed by atoms with E-state index in [0.29, 0.717) is 6.42 Å². The number of methoxy groups -OCH3 is 4. The van der Waals surface area contributed by atoms with Gasteiger partial charge in [0.25, 0.3) is 6.10 Å². The average molecular weight is 1140 g/mol. The van der Waals surface area contributed by atoms with E-state index in [0.717, 1.165) is 28.4 Å². The first-order chi connectivity index (χ1) is 36.1. The Kier molecular flexibility index (Phi) is 26.4. The second kappa shape index (κ2) is 31.7. The Morgan fingerprint density at radius 1 is 0.541 bits per heavy atom. The Bertz CT molecular complexity index is 2600. The SMILES string of the molecule is COC(=O)C(Oc1c(F)c(F)cc(F)c1F)C(=O)OC.[2H]P=N[C@@H](CC)C(=O)C(Oc1c(F)c(F)cc(F)c1F)(C(=O)OC)C(=O)OC.[2H]P=N[C@@H](CC)C(=O)COc1c(F)c(F)cc(F)c1F.[2H]P=N[C@@H](CC)C(=O)O. The maximum atomic E-state index is 14.0. The summed E-state index contributed by atoms with van der Waals surface area (Å²) >= 11 is 0. The fourth-order valence-corrected chi connectivity index (χ4v) is 5.65. The van der Waals surface area contributed by atoms with Crippen molar-refractivity contribution in [3.8, 4) is 17.2 Å². The van der Waals surface area contributed by atoms with Crippen molar-refractivity contribution in [2.45, 2.75) is 69.9 Å². The predicted molar refractivity (Wildman–Crippen MR) is 232 cm³/mol. The van der Waals surface area contributed by atoms with Crippen molar-refractivity contribution in [3.63, 3.8) is 0 Å². The maximum Gasteiger partial charge on any atom is 0.370 e. The number of hydrogen-bond acceptors (Lipinski definition) is 17. The summed E-state index contributed by atoms with van der Waals surface area (Å²) in [6.07, 6.45) is -1.65. The largest absolute Gasteiger partial charge is 0.480 e. The minimum atomic E-state index is -3.49. The van der Waals surface area contributed by atoms with E-state index in [1.54, 1.807) is 13.8 Å². The molecule has 0 heterocycles. The van der Waals surface area contributed by atoms with E-state index in [1.165, 1.54) is 6.92 Å². The van der Waals surface area contributed by atoms with Gasteiger partial charge < -0.3 is 38.3 Å². The van der Waals surface area contributed by atoms with Crippen LogP contribution < -0.4 is 14.2 Å². The van der Waals surface area contributed by atoms with Crippen molar-refractivity contribution in [1.29, 1.82) is 3.84 Å². The molecule has 0 aliphatic heterocycles. The van der Waals surface area contributed by atoms with Gasteiger partial charge in [-0.25, -0.2) is 50.3 Å². The highest BCUT2D eigenvalue weighted by Gasteiger charge is 2.61. The van der Waals surface area contributed by atoms with Gasteiger partial charge in [-0.3, -0.25) is 23.8 Å². The molecule has 3 atom stereocenters. The van der Waals surface area contributed by atoms with Gasteiger partial charge in [0.2, 0.25) is 40.7 Å². The van der Waals surface area contributed by atoms with Crippen LogP contribution in [0.2, 0.25) is 0 Å². The molecule has 0 radical (unpaired) electrons. The number of halogens is 12. The van der Waals surface area contributed by atoms with E-state index >= 15 is 0 Å². The minimum Gasteiger partial charge on any atom is -0.480 e. The Labute approximate surface area is 420 Å². The molecule has 0 saturated heterocycles. The second-order valence-corrected chi connectivity index (χ2v) is 14.0. The van der Waals surface area contributed by atoms with Crippen molar-refractivity contribution in [2.75, 3.05) is 35.0 Å². The monoisotopic (exact) mass is 1140 g/mol. The zero-order valence-corrected chi connectivity index (χ0v) is 41.4. The number of rotatable bonds is 21. The molecule has 0 unspecified atom stereocenters. The van der Waals surface area contributed by atoms with E-state index < -0.39 is 174 Å². The van der Waals surface area contributed by atoms with Gasteiger partial charge in [0.15, 0.2) is 64.0 Å². The lowest BCUT2D eigenvalue weighted by molar-refractivity contribution is -0.180. The number of carboxylic acid groups (broad SMARTS) is 1. The first-order valence-electron chi connectivity index (χ1n) is 21.1. The molecular formula is C41H40F12N3O15P3.